The van der Waals surface area contributed by atoms with Crippen LogP contribution < -0.4 is 5.32 Å². The molecule has 0 aliphatic heterocycles. The smallest absolute Gasteiger partial charge is 0.326 e. The molecule has 0 saturated carbocycles. The van der Waals surface area contributed by atoms with E-state index in [1.54, 1.807) is 6.07 Å². The van der Waals surface area contributed by atoms with Gasteiger partial charge < -0.3 is 10.4 Å². The van der Waals surface area contributed by atoms with Crippen LogP contribution in [-0.4, -0.2) is 48.4 Å². The van der Waals surface area contributed by atoms with Crippen molar-refractivity contribution < 1.29 is 23.1 Å². The summed E-state index contributed by atoms with van der Waals surface area (Å²) < 4.78 is 22.6. The number of amides is 1. The molecule has 7 nitrogen and oxygen atoms in total. The molecule has 1 rings (SSSR count). The lowest BCUT2D eigenvalue weighted by Crippen LogP contribution is -2.41. The summed E-state index contributed by atoms with van der Waals surface area (Å²) >= 11 is 3.11. The van der Waals surface area contributed by atoms with Crippen LogP contribution >= 0.6 is 15.9 Å². The Balaban J connectivity index is 2.73. The summed E-state index contributed by atoms with van der Waals surface area (Å²) in [5.74, 6) is -2.22. The van der Waals surface area contributed by atoms with Crippen molar-refractivity contribution >= 4 is 37.6 Å². The molecule has 0 aromatic carbocycles. The molecule has 1 aromatic rings. The maximum Gasteiger partial charge on any atom is 0.326 e. The van der Waals surface area contributed by atoms with Gasteiger partial charge in [-0.25, -0.2) is 18.2 Å². The fraction of sp³-hybridized carbons (Fsp3) is 0.364. The van der Waals surface area contributed by atoms with E-state index in [-0.39, 0.29) is 17.7 Å². The van der Waals surface area contributed by atoms with E-state index in [2.05, 4.69) is 26.2 Å². The van der Waals surface area contributed by atoms with Crippen molar-refractivity contribution in [3.63, 3.8) is 0 Å². The standard InChI is InChI=1S/C11H13BrN2O5S/c1-20(18,19)5-4-8(11(16)17)14-10(15)7-2-3-9(12)13-6-7/h2-3,6,8H,4-5H2,1H3,(H,14,15)(H,16,17). The van der Waals surface area contributed by atoms with Crippen LogP contribution in [0, 0.1) is 0 Å². The maximum absolute atomic E-state index is 11.8. The first-order valence-corrected chi connectivity index (χ1v) is 8.37. The Morgan fingerprint density at radius 1 is 1.45 bits per heavy atom. The SMILES string of the molecule is CS(=O)(=O)CCC(NC(=O)c1ccc(Br)nc1)C(=O)O. The predicted octanol–water partition coefficient (Wildman–Crippen LogP) is 0.462. The van der Waals surface area contributed by atoms with E-state index < -0.39 is 27.8 Å². The van der Waals surface area contributed by atoms with Crippen LogP contribution in [0.5, 0.6) is 0 Å². The predicted molar refractivity (Wildman–Crippen MR) is 75.2 cm³/mol. The summed E-state index contributed by atoms with van der Waals surface area (Å²) in [6, 6.07) is 1.75. The third-order valence-electron chi connectivity index (χ3n) is 2.37. The van der Waals surface area contributed by atoms with Crippen LogP contribution in [0.15, 0.2) is 22.9 Å². The molecule has 1 heterocycles. The number of carboxylic acid groups (broad SMARTS) is 1. The fourth-order valence-electron chi connectivity index (χ4n) is 1.34. The molecular formula is C11H13BrN2O5S. The van der Waals surface area contributed by atoms with Crippen molar-refractivity contribution in [2.75, 3.05) is 12.0 Å². The Labute approximate surface area is 124 Å². The van der Waals surface area contributed by atoms with Crippen LogP contribution in [0.1, 0.15) is 16.8 Å². The van der Waals surface area contributed by atoms with Crippen molar-refractivity contribution in [3.8, 4) is 0 Å². The fourth-order valence-corrected chi connectivity index (χ4v) is 2.24. The maximum atomic E-state index is 11.8. The molecule has 1 amide bonds. The van der Waals surface area contributed by atoms with Gasteiger partial charge >= 0.3 is 5.97 Å². The monoisotopic (exact) mass is 364 g/mol. The number of carbonyl (C=O) groups is 2. The second-order valence-electron chi connectivity index (χ2n) is 4.15. The van der Waals surface area contributed by atoms with Crippen LogP contribution in [0.25, 0.3) is 0 Å². The number of nitrogens with zero attached hydrogens (tertiary/aromatic N) is 1. The number of carboxylic acids is 1. The lowest BCUT2D eigenvalue weighted by Gasteiger charge is -2.13. The van der Waals surface area contributed by atoms with E-state index in [0.29, 0.717) is 4.60 Å². The highest BCUT2D eigenvalue weighted by molar-refractivity contribution is 9.10. The molecule has 0 bridgehead atoms. The molecule has 0 fully saturated rings. The zero-order valence-corrected chi connectivity index (χ0v) is 12.9. The van der Waals surface area contributed by atoms with Gasteiger partial charge in [0.15, 0.2) is 0 Å². The van der Waals surface area contributed by atoms with Gasteiger partial charge in [-0.15, -0.1) is 0 Å². The van der Waals surface area contributed by atoms with Gasteiger partial charge in [-0.3, -0.25) is 4.79 Å². The van der Waals surface area contributed by atoms with E-state index in [9.17, 15) is 18.0 Å². The van der Waals surface area contributed by atoms with E-state index in [1.165, 1.54) is 12.3 Å². The zero-order chi connectivity index (χ0) is 15.3. The summed E-state index contributed by atoms with van der Waals surface area (Å²) in [6.45, 7) is 0. The van der Waals surface area contributed by atoms with Crippen molar-refractivity contribution in [3.05, 3.63) is 28.5 Å². The lowest BCUT2D eigenvalue weighted by molar-refractivity contribution is -0.139. The number of aliphatic carboxylic acids is 1. The van der Waals surface area contributed by atoms with Crippen molar-refractivity contribution in [1.29, 1.82) is 0 Å². The van der Waals surface area contributed by atoms with Gasteiger partial charge in [0.05, 0.1) is 11.3 Å². The molecule has 0 spiro atoms. The number of pyridine rings is 1. The average molecular weight is 365 g/mol. The van der Waals surface area contributed by atoms with Gasteiger partial charge in [-0.1, -0.05) is 0 Å². The van der Waals surface area contributed by atoms with Gasteiger partial charge in [0.25, 0.3) is 5.91 Å². The van der Waals surface area contributed by atoms with Crippen LogP contribution in [0.4, 0.5) is 0 Å². The Hall–Kier alpha value is -1.48. The summed E-state index contributed by atoms with van der Waals surface area (Å²) in [5, 5.41) is 11.2. The molecule has 0 aliphatic rings. The first-order chi connectivity index (χ1) is 9.19. The highest BCUT2D eigenvalue weighted by Crippen LogP contribution is 2.07. The van der Waals surface area contributed by atoms with E-state index >= 15 is 0 Å². The van der Waals surface area contributed by atoms with Crippen LogP contribution in [-0.2, 0) is 14.6 Å². The molecule has 0 aliphatic carbocycles. The molecule has 2 N–H and O–H groups in total. The van der Waals surface area contributed by atoms with E-state index in [4.69, 9.17) is 5.11 Å². The molecule has 9 heteroatoms. The summed E-state index contributed by atoms with van der Waals surface area (Å²) in [4.78, 5) is 26.7. The molecule has 1 atom stereocenters. The number of hydrogen-bond donors (Lipinski definition) is 2. The molecule has 0 radical (unpaired) electrons. The topological polar surface area (TPSA) is 113 Å². The largest absolute Gasteiger partial charge is 0.480 e. The number of hydrogen-bond acceptors (Lipinski definition) is 5. The number of aromatic nitrogens is 1. The van der Waals surface area contributed by atoms with E-state index in [1.807, 2.05) is 0 Å². The highest BCUT2D eigenvalue weighted by atomic mass is 79.9. The third-order valence-corrected chi connectivity index (χ3v) is 3.82. The molecular weight excluding hydrogens is 352 g/mol. The van der Waals surface area contributed by atoms with Crippen LogP contribution in [0.2, 0.25) is 0 Å². The molecule has 1 aromatic heterocycles. The summed E-state index contributed by atoms with van der Waals surface area (Å²) in [7, 11) is -3.29. The van der Waals surface area contributed by atoms with Crippen LogP contribution in [0.3, 0.4) is 0 Å². The number of sulfone groups is 1. The number of carbonyl (C=O) groups excluding carboxylic acids is 1. The third kappa shape index (κ3) is 5.66. The second kappa shape index (κ2) is 6.80. The first kappa shape index (κ1) is 16.6. The van der Waals surface area contributed by atoms with Gasteiger partial charge in [0.2, 0.25) is 0 Å². The minimum atomic E-state index is -3.29. The van der Waals surface area contributed by atoms with Crippen molar-refractivity contribution in [1.82, 2.24) is 10.3 Å². The number of rotatable bonds is 6. The Bertz CT molecular complexity index is 600. The minimum Gasteiger partial charge on any atom is -0.480 e. The van der Waals surface area contributed by atoms with Gasteiger partial charge in [0.1, 0.15) is 20.5 Å². The highest BCUT2D eigenvalue weighted by Gasteiger charge is 2.22. The quantitative estimate of drug-likeness (QED) is 0.709. The molecule has 110 valence electrons. The summed E-state index contributed by atoms with van der Waals surface area (Å²) in [5.41, 5.74) is 0.193. The summed E-state index contributed by atoms with van der Waals surface area (Å²) in [6.07, 6.45) is 2.10. The van der Waals surface area contributed by atoms with Gasteiger partial charge in [-0.05, 0) is 34.5 Å². The van der Waals surface area contributed by atoms with Crippen molar-refractivity contribution in [2.24, 2.45) is 0 Å². The molecule has 1 unspecified atom stereocenters. The lowest BCUT2D eigenvalue weighted by atomic mass is 10.2. The Morgan fingerprint density at radius 3 is 2.55 bits per heavy atom. The zero-order valence-electron chi connectivity index (χ0n) is 10.5. The minimum absolute atomic E-state index is 0.191. The Kier molecular flexibility index (Phi) is 5.63. The normalized spacial score (nSPS) is 12.7. The molecule has 0 saturated heterocycles. The van der Waals surface area contributed by atoms with E-state index in [0.717, 1.165) is 6.26 Å². The average Bonchev–Trinajstić information content (AvgIpc) is 2.33. The van der Waals surface area contributed by atoms with Gasteiger partial charge in [-0.2, -0.15) is 0 Å². The number of nitrogens with one attached hydrogen (secondary N) is 1. The Morgan fingerprint density at radius 2 is 2.10 bits per heavy atom. The first-order valence-electron chi connectivity index (χ1n) is 5.52. The molecule has 20 heavy (non-hydrogen) atoms. The van der Waals surface area contributed by atoms with Crippen molar-refractivity contribution in [2.45, 2.75) is 12.5 Å². The number of halogens is 1. The van der Waals surface area contributed by atoms with Gasteiger partial charge in [0, 0.05) is 12.5 Å². The second-order valence-corrected chi connectivity index (χ2v) is 7.22.